The number of sulfonamides is 1. The molecule has 0 spiro atoms. The van der Waals surface area contributed by atoms with Crippen molar-refractivity contribution in [1.29, 1.82) is 0 Å². The zero-order valence-electron chi connectivity index (χ0n) is 18.1. The van der Waals surface area contributed by atoms with E-state index in [1.165, 1.54) is 21.9 Å². The van der Waals surface area contributed by atoms with Gasteiger partial charge in [0.05, 0.1) is 11.8 Å². The van der Waals surface area contributed by atoms with E-state index < -0.39 is 10.0 Å². The van der Waals surface area contributed by atoms with E-state index >= 15 is 0 Å². The minimum absolute atomic E-state index is 0.00390. The summed E-state index contributed by atoms with van der Waals surface area (Å²) in [6, 6.07) is 11.3. The first-order valence-electron chi connectivity index (χ1n) is 11.1. The van der Waals surface area contributed by atoms with Crippen molar-refractivity contribution in [3.05, 3.63) is 68.7 Å². The molecule has 2 aromatic carbocycles. The molecule has 1 fully saturated rings. The zero-order valence-corrected chi connectivity index (χ0v) is 20.4. The Morgan fingerprint density at radius 3 is 2.53 bits per heavy atom. The molecule has 0 bridgehead atoms. The van der Waals surface area contributed by atoms with E-state index in [-0.39, 0.29) is 23.6 Å². The molecule has 1 aliphatic heterocycles. The highest BCUT2D eigenvalue weighted by Gasteiger charge is 2.32. The van der Waals surface area contributed by atoms with Crippen LogP contribution in [-0.4, -0.2) is 31.7 Å². The van der Waals surface area contributed by atoms with E-state index in [9.17, 15) is 13.2 Å². The molecule has 32 heavy (non-hydrogen) atoms. The zero-order chi connectivity index (χ0) is 22.9. The number of nitrogens with one attached hydrogen (secondary N) is 1. The van der Waals surface area contributed by atoms with Gasteiger partial charge in [0.1, 0.15) is 0 Å². The highest BCUT2D eigenvalue weighted by Crippen LogP contribution is 2.28. The topological polar surface area (TPSA) is 66.5 Å². The number of carbonyl (C=O) groups excluding carboxylic acids is 1. The van der Waals surface area contributed by atoms with Crippen LogP contribution in [0.3, 0.4) is 0 Å². The van der Waals surface area contributed by atoms with Crippen molar-refractivity contribution in [3.8, 4) is 0 Å². The summed E-state index contributed by atoms with van der Waals surface area (Å²) >= 11 is 12.0. The van der Waals surface area contributed by atoms with Gasteiger partial charge in [-0.2, -0.15) is 0 Å². The fourth-order valence-corrected chi connectivity index (χ4v) is 6.75. The second-order valence-corrected chi connectivity index (χ2v) is 11.6. The van der Waals surface area contributed by atoms with Gasteiger partial charge in [-0.1, -0.05) is 47.5 Å². The Morgan fingerprint density at radius 2 is 1.81 bits per heavy atom. The van der Waals surface area contributed by atoms with Gasteiger partial charge in [0.25, 0.3) is 0 Å². The summed E-state index contributed by atoms with van der Waals surface area (Å²) in [5.74, 6) is -0.358. The molecule has 0 saturated carbocycles. The fraction of sp³-hybridized carbons (Fsp3) is 0.458. The Morgan fingerprint density at radius 1 is 1.09 bits per heavy atom. The van der Waals surface area contributed by atoms with Crippen LogP contribution in [0.5, 0.6) is 0 Å². The van der Waals surface area contributed by atoms with Gasteiger partial charge in [-0.05, 0) is 73.4 Å². The number of rotatable bonds is 6. The molecule has 0 radical (unpaired) electrons. The van der Waals surface area contributed by atoms with E-state index in [1.54, 1.807) is 18.2 Å². The van der Waals surface area contributed by atoms with Crippen LogP contribution in [0.1, 0.15) is 54.5 Å². The minimum Gasteiger partial charge on any atom is -0.349 e. The number of hydrogen-bond acceptors (Lipinski definition) is 3. The lowest BCUT2D eigenvalue weighted by Gasteiger charge is -2.31. The molecule has 0 aromatic heterocycles. The highest BCUT2D eigenvalue weighted by molar-refractivity contribution is 7.88. The van der Waals surface area contributed by atoms with Gasteiger partial charge in [-0.15, -0.1) is 0 Å². The van der Waals surface area contributed by atoms with Crippen LogP contribution in [0.2, 0.25) is 10.0 Å². The second kappa shape index (κ2) is 9.72. The Labute approximate surface area is 200 Å². The Hall–Kier alpha value is -1.60. The van der Waals surface area contributed by atoms with Gasteiger partial charge in [-0.25, -0.2) is 12.7 Å². The highest BCUT2D eigenvalue weighted by atomic mass is 35.5. The molecule has 172 valence electrons. The van der Waals surface area contributed by atoms with E-state index in [1.807, 2.05) is 6.92 Å². The molecule has 1 atom stereocenters. The van der Waals surface area contributed by atoms with Crippen LogP contribution in [0.15, 0.2) is 36.4 Å². The smallest absolute Gasteiger partial charge is 0.223 e. The lowest BCUT2D eigenvalue weighted by Crippen LogP contribution is -2.43. The van der Waals surface area contributed by atoms with Crippen LogP contribution in [0, 0.1) is 5.92 Å². The lowest BCUT2D eigenvalue weighted by atomic mass is 9.96. The third-order valence-electron chi connectivity index (χ3n) is 6.55. The quantitative estimate of drug-likeness (QED) is 0.620. The van der Waals surface area contributed by atoms with Gasteiger partial charge in [-0.3, -0.25) is 4.79 Å². The van der Waals surface area contributed by atoms with Gasteiger partial charge in [0.15, 0.2) is 0 Å². The normalized spacial score (nSPS) is 18.3. The first-order chi connectivity index (χ1) is 15.2. The minimum atomic E-state index is -3.52. The van der Waals surface area contributed by atoms with Crippen molar-refractivity contribution >= 4 is 39.1 Å². The summed E-state index contributed by atoms with van der Waals surface area (Å²) in [6.45, 7) is 2.67. The molecule has 4 rings (SSSR count). The first kappa shape index (κ1) is 23.6. The Kier molecular flexibility index (Phi) is 7.15. The van der Waals surface area contributed by atoms with E-state index in [2.05, 4.69) is 23.5 Å². The number of aryl methyl sites for hydroxylation is 2. The maximum Gasteiger partial charge on any atom is 0.223 e. The van der Waals surface area contributed by atoms with Crippen molar-refractivity contribution in [2.75, 3.05) is 13.1 Å². The number of piperidine rings is 1. The van der Waals surface area contributed by atoms with Crippen LogP contribution in [0.4, 0.5) is 0 Å². The van der Waals surface area contributed by atoms with Gasteiger partial charge in [0, 0.05) is 29.1 Å². The van der Waals surface area contributed by atoms with Crippen molar-refractivity contribution in [2.24, 2.45) is 5.92 Å². The average molecular weight is 495 g/mol. The largest absolute Gasteiger partial charge is 0.349 e. The molecule has 1 aliphatic carbocycles. The summed E-state index contributed by atoms with van der Waals surface area (Å²) in [5.41, 5.74) is 4.46. The molecule has 2 aromatic rings. The molecule has 1 saturated heterocycles. The van der Waals surface area contributed by atoms with Crippen LogP contribution < -0.4 is 5.32 Å². The molecule has 8 heteroatoms. The number of halogens is 2. The Balaban J connectivity index is 1.32. The molecule has 5 nitrogen and oxygen atoms in total. The van der Waals surface area contributed by atoms with Crippen molar-refractivity contribution in [1.82, 2.24) is 9.62 Å². The van der Waals surface area contributed by atoms with Crippen LogP contribution in [-0.2, 0) is 33.4 Å². The standard InChI is InChI=1S/C24H28Cl2N2O3S/c1-16(19-6-5-17-3-2-4-20(17)13-19)27-24(29)18-9-11-28(12-10-18)32(30,31)15-21-7-8-22(25)14-23(21)26/h5-8,13-14,16,18H,2-4,9-12,15H2,1H3,(H,27,29). The number of fused-ring (bicyclic) bond motifs is 1. The van der Waals surface area contributed by atoms with Crippen molar-refractivity contribution < 1.29 is 13.2 Å². The Bertz CT molecular complexity index is 1110. The molecular formula is C24H28Cl2N2O3S. The maximum absolute atomic E-state index is 12.9. The number of hydrogen-bond donors (Lipinski definition) is 1. The molecule has 1 unspecified atom stereocenters. The van der Waals surface area contributed by atoms with Crippen molar-refractivity contribution in [2.45, 2.75) is 50.8 Å². The SMILES string of the molecule is CC(NC(=O)C1CCN(S(=O)(=O)Cc2ccc(Cl)cc2Cl)CC1)c1ccc2c(c1)CCC2. The van der Waals surface area contributed by atoms with E-state index in [4.69, 9.17) is 23.2 Å². The third-order valence-corrected chi connectivity index (χ3v) is 8.97. The number of nitrogens with zero attached hydrogens (tertiary/aromatic N) is 1. The second-order valence-electron chi connectivity index (χ2n) is 8.78. The van der Waals surface area contributed by atoms with Gasteiger partial charge < -0.3 is 5.32 Å². The molecular weight excluding hydrogens is 467 g/mol. The summed E-state index contributed by atoms with van der Waals surface area (Å²) in [4.78, 5) is 12.8. The van der Waals surface area contributed by atoms with Gasteiger partial charge >= 0.3 is 0 Å². The summed E-state index contributed by atoms with van der Waals surface area (Å²) in [5, 5.41) is 3.94. The maximum atomic E-state index is 12.9. The van der Waals surface area contributed by atoms with E-state index in [0.29, 0.717) is 41.5 Å². The summed E-state index contributed by atoms with van der Waals surface area (Å²) in [6.07, 6.45) is 4.47. The predicted molar refractivity (Wildman–Crippen MR) is 128 cm³/mol. The summed E-state index contributed by atoms with van der Waals surface area (Å²) < 4.78 is 27.2. The van der Waals surface area contributed by atoms with E-state index in [0.717, 1.165) is 18.4 Å². The lowest BCUT2D eigenvalue weighted by molar-refractivity contribution is -0.126. The van der Waals surface area contributed by atoms with Crippen molar-refractivity contribution in [3.63, 3.8) is 0 Å². The summed E-state index contributed by atoms with van der Waals surface area (Å²) in [7, 11) is -3.52. The molecule has 2 aliphatic rings. The van der Waals surface area contributed by atoms with Crippen LogP contribution in [0.25, 0.3) is 0 Å². The average Bonchev–Trinajstić information content (AvgIpc) is 3.23. The molecule has 1 N–H and O–H groups in total. The number of carbonyl (C=O) groups is 1. The van der Waals surface area contributed by atoms with Gasteiger partial charge in [0.2, 0.25) is 15.9 Å². The fourth-order valence-electron chi connectivity index (χ4n) is 4.60. The molecule has 1 heterocycles. The number of amides is 1. The first-order valence-corrected chi connectivity index (χ1v) is 13.4. The molecule has 1 amide bonds. The van der Waals surface area contributed by atoms with Crippen LogP contribution >= 0.6 is 23.2 Å². The third kappa shape index (κ3) is 5.30. The number of benzene rings is 2. The predicted octanol–water partition coefficient (Wildman–Crippen LogP) is 4.90. The monoisotopic (exact) mass is 494 g/mol.